The highest BCUT2D eigenvalue weighted by Gasteiger charge is 2.56. The predicted molar refractivity (Wildman–Crippen MR) is 130 cm³/mol. The van der Waals surface area contributed by atoms with Crippen LogP contribution in [0.3, 0.4) is 0 Å². The zero-order valence-corrected chi connectivity index (χ0v) is 20.6. The fourth-order valence-electron chi connectivity index (χ4n) is 4.53. The van der Waals surface area contributed by atoms with E-state index in [0.717, 1.165) is 0 Å². The number of benzene rings is 2. The van der Waals surface area contributed by atoms with Gasteiger partial charge in [0.25, 0.3) is 0 Å². The van der Waals surface area contributed by atoms with Crippen molar-refractivity contribution in [2.75, 3.05) is 20.3 Å². The highest BCUT2D eigenvalue weighted by atomic mass is 16.5. The van der Waals surface area contributed by atoms with Gasteiger partial charge in [0.15, 0.2) is 17.3 Å². The van der Waals surface area contributed by atoms with Crippen LogP contribution in [0.2, 0.25) is 0 Å². The largest absolute Gasteiger partial charge is 0.507 e. The summed E-state index contributed by atoms with van der Waals surface area (Å²) in [6, 6.07) is 7.08. The first kappa shape index (κ1) is 24.8. The molecule has 0 saturated carbocycles. The second-order valence-corrected chi connectivity index (χ2v) is 8.84. The van der Waals surface area contributed by atoms with E-state index in [-0.39, 0.29) is 46.1 Å². The zero-order chi connectivity index (χ0) is 26.4. The quantitative estimate of drug-likeness (QED) is 0.230. The first-order valence-electron chi connectivity index (χ1n) is 11.3. The third-order valence-electron chi connectivity index (χ3n) is 6.58. The number of phenolic OH excluding ortho intramolecular Hbond substituents is 2. The number of Topliss-reactive ketones (excluding diaryl/α,β-unsaturated/α-hetero) is 2. The molecule has 1 aliphatic carbocycles. The van der Waals surface area contributed by atoms with Crippen LogP contribution in [0.4, 0.5) is 0 Å². The van der Waals surface area contributed by atoms with Gasteiger partial charge < -0.3 is 29.7 Å². The average Bonchev–Trinajstić information content (AvgIpc) is 3.13. The molecule has 2 aromatic rings. The maximum atomic E-state index is 13.7. The van der Waals surface area contributed by atoms with Gasteiger partial charge in [-0.1, -0.05) is 0 Å². The van der Waals surface area contributed by atoms with Crippen LogP contribution in [0.15, 0.2) is 47.4 Å². The van der Waals surface area contributed by atoms with E-state index in [0.29, 0.717) is 23.7 Å². The third kappa shape index (κ3) is 3.77. The highest BCUT2D eigenvalue weighted by molar-refractivity contribution is 6.31. The molecule has 3 N–H and O–H groups in total. The Labute approximate surface area is 208 Å². The minimum Gasteiger partial charge on any atom is -0.507 e. The van der Waals surface area contributed by atoms with E-state index in [1.807, 2.05) is 0 Å². The zero-order valence-electron chi connectivity index (χ0n) is 20.6. The number of rotatable bonds is 7. The van der Waals surface area contributed by atoms with Crippen molar-refractivity contribution in [1.82, 2.24) is 5.32 Å². The number of phenols is 2. The van der Waals surface area contributed by atoms with Gasteiger partial charge in [0, 0.05) is 23.9 Å². The summed E-state index contributed by atoms with van der Waals surface area (Å²) >= 11 is 0. The Morgan fingerprint density at radius 3 is 2.33 bits per heavy atom. The number of carbonyl (C=O) groups is 3. The number of nitrogens with one attached hydrogen (secondary N) is 1. The molecule has 0 radical (unpaired) electrons. The van der Waals surface area contributed by atoms with E-state index in [1.54, 1.807) is 38.3 Å². The first-order valence-corrected chi connectivity index (χ1v) is 11.3. The molecule has 2 aliphatic rings. The van der Waals surface area contributed by atoms with Crippen LogP contribution in [0, 0.1) is 6.92 Å². The van der Waals surface area contributed by atoms with Crippen molar-refractivity contribution in [2.24, 2.45) is 0 Å². The molecule has 188 valence electrons. The minimum atomic E-state index is -1.55. The molecule has 4 rings (SSSR count). The molecule has 0 amide bonds. The second-order valence-electron chi connectivity index (χ2n) is 8.84. The number of hydrogen-bond donors (Lipinski definition) is 3. The van der Waals surface area contributed by atoms with Crippen LogP contribution in [0.5, 0.6) is 28.7 Å². The fraction of sp³-hybridized carbons (Fsp3) is 0.296. The number of allylic oxidation sites excluding steroid dienone is 4. The normalized spacial score (nSPS) is 19.6. The Kier molecular flexibility index (Phi) is 6.26. The van der Waals surface area contributed by atoms with E-state index < -0.39 is 28.5 Å². The smallest absolute Gasteiger partial charge is 0.194 e. The van der Waals surface area contributed by atoms with Crippen LogP contribution < -0.4 is 19.5 Å². The molecular formula is C27H27NO8. The molecule has 0 spiro atoms. The SMILES string of the molecule is COc1ccc(OCCNC(C)=C2C(=O)C=C3Oc4c(C(C)=O)c(O)c(C)c(O)c4[C@@]3(C)C2=O)cc1. The predicted octanol–water partition coefficient (Wildman–Crippen LogP) is 3.25. The summed E-state index contributed by atoms with van der Waals surface area (Å²) in [5.74, 6) is -1.20. The lowest BCUT2D eigenvalue weighted by molar-refractivity contribution is -0.123. The lowest BCUT2D eigenvalue weighted by Crippen LogP contribution is -2.41. The van der Waals surface area contributed by atoms with Crippen LogP contribution in [-0.2, 0) is 15.0 Å². The summed E-state index contributed by atoms with van der Waals surface area (Å²) in [6.45, 7) is 6.40. The number of aromatic hydroxyl groups is 2. The van der Waals surface area contributed by atoms with Crippen LogP contribution >= 0.6 is 0 Å². The molecule has 1 heterocycles. The van der Waals surface area contributed by atoms with Gasteiger partial charge in [-0.2, -0.15) is 0 Å². The monoisotopic (exact) mass is 493 g/mol. The number of hydrogen-bond acceptors (Lipinski definition) is 9. The van der Waals surface area contributed by atoms with Gasteiger partial charge in [0.05, 0.1) is 18.2 Å². The molecular weight excluding hydrogens is 466 g/mol. The standard InChI is InChI=1S/C27H27NO8/c1-13-23(31)21(15(3)29)25-22(24(13)32)27(4)19(36-25)12-18(30)20(26(27)33)14(2)28-10-11-35-17-8-6-16(34-5)7-9-17/h6-9,12,28,31-32H,10-11H2,1-5H3/t27-/m0/s1. The van der Waals surface area contributed by atoms with Crippen molar-refractivity contribution in [2.45, 2.75) is 33.1 Å². The van der Waals surface area contributed by atoms with E-state index in [9.17, 15) is 24.6 Å². The molecule has 0 saturated heterocycles. The minimum absolute atomic E-state index is 0.00492. The number of methoxy groups -OCH3 is 1. The van der Waals surface area contributed by atoms with Gasteiger partial charge in [-0.05, 0) is 52.0 Å². The third-order valence-corrected chi connectivity index (χ3v) is 6.58. The molecule has 9 nitrogen and oxygen atoms in total. The van der Waals surface area contributed by atoms with Crippen LogP contribution in [-0.4, -0.2) is 47.8 Å². The van der Waals surface area contributed by atoms with Crippen molar-refractivity contribution in [3.63, 3.8) is 0 Å². The summed E-state index contributed by atoms with van der Waals surface area (Å²) in [5, 5.41) is 24.4. The maximum Gasteiger partial charge on any atom is 0.194 e. The number of ketones is 3. The molecule has 9 heteroatoms. The lowest BCUT2D eigenvalue weighted by Gasteiger charge is -2.29. The lowest BCUT2D eigenvalue weighted by atomic mass is 9.70. The van der Waals surface area contributed by atoms with Gasteiger partial charge in [-0.25, -0.2) is 0 Å². The molecule has 0 fully saturated rings. The Balaban J connectivity index is 1.62. The number of carbonyl (C=O) groups excluding carboxylic acids is 3. The van der Waals surface area contributed by atoms with E-state index in [2.05, 4.69) is 5.32 Å². The Morgan fingerprint density at radius 1 is 1.08 bits per heavy atom. The van der Waals surface area contributed by atoms with E-state index in [4.69, 9.17) is 14.2 Å². The number of ether oxygens (including phenoxy) is 3. The summed E-state index contributed by atoms with van der Waals surface area (Å²) < 4.78 is 16.6. The molecule has 0 aromatic heterocycles. The topological polar surface area (TPSA) is 131 Å². The van der Waals surface area contributed by atoms with Gasteiger partial charge in [0.2, 0.25) is 0 Å². The molecule has 1 atom stereocenters. The molecule has 2 aromatic carbocycles. The van der Waals surface area contributed by atoms with Crippen molar-refractivity contribution >= 4 is 17.3 Å². The molecule has 1 aliphatic heterocycles. The van der Waals surface area contributed by atoms with E-state index >= 15 is 0 Å². The molecule has 0 unspecified atom stereocenters. The highest BCUT2D eigenvalue weighted by Crippen LogP contribution is 2.57. The maximum absolute atomic E-state index is 13.7. The van der Waals surface area contributed by atoms with Gasteiger partial charge in [0.1, 0.15) is 52.1 Å². The van der Waals surface area contributed by atoms with Crippen molar-refractivity contribution < 1.29 is 38.8 Å². The Morgan fingerprint density at radius 2 is 1.72 bits per heavy atom. The van der Waals surface area contributed by atoms with E-state index in [1.165, 1.54) is 26.8 Å². The van der Waals surface area contributed by atoms with Gasteiger partial charge >= 0.3 is 0 Å². The Hall–Kier alpha value is -4.27. The Bertz CT molecular complexity index is 1350. The molecule has 36 heavy (non-hydrogen) atoms. The van der Waals surface area contributed by atoms with Crippen LogP contribution in [0.25, 0.3) is 0 Å². The summed E-state index contributed by atoms with van der Waals surface area (Å²) in [7, 11) is 1.58. The average molecular weight is 494 g/mol. The van der Waals surface area contributed by atoms with Crippen LogP contribution in [0.1, 0.15) is 42.3 Å². The molecule has 0 bridgehead atoms. The van der Waals surface area contributed by atoms with Crippen molar-refractivity contribution in [1.29, 1.82) is 0 Å². The number of fused-ring (bicyclic) bond motifs is 3. The van der Waals surface area contributed by atoms with Crippen molar-refractivity contribution in [3.05, 3.63) is 64.1 Å². The van der Waals surface area contributed by atoms with Gasteiger partial charge in [-0.15, -0.1) is 0 Å². The summed E-state index contributed by atoms with van der Waals surface area (Å²) in [4.78, 5) is 39.0. The summed E-state index contributed by atoms with van der Waals surface area (Å²) in [6.07, 6.45) is 1.19. The van der Waals surface area contributed by atoms with Gasteiger partial charge in [-0.3, -0.25) is 14.4 Å². The summed E-state index contributed by atoms with van der Waals surface area (Å²) in [5.41, 5.74) is -1.33. The first-order chi connectivity index (χ1) is 17.0. The fourth-order valence-corrected chi connectivity index (χ4v) is 4.53. The second kappa shape index (κ2) is 9.07. The van der Waals surface area contributed by atoms with Crippen molar-refractivity contribution in [3.8, 4) is 28.7 Å².